The van der Waals surface area contributed by atoms with Crippen LogP contribution in [0.3, 0.4) is 0 Å². The first-order chi connectivity index (χ1) is 6.65. The van der Waals surface area contributed by atoms with E-state index in [1.807, 2.05) is 19.0 Å². The van der Waals surface area contributed by atoms with Crippen molar-refractivity contribution in [3.63, 3.8) is 0 Å². The van der Waals surface area contributed by atoms with Crippen LogP contribution in [0, 0.1) is 5.82 Å². The first-order valence-corrected chi connectivity index (χ1v) is 4.56. The van der Waals surface area contributed by atoms with E-state index in [9.17, 15) is 4.39 Å². The number of nitrogens with two attached hydrogens (primary N) is 1. The van der Waals surface area contributed by atoms with Crippen molar-refractivity contribution in [2.45, 2.75) is 0 Å². The van der Waals surface area contributed by atoms with Gasteiger partial charge in [0.1, 0.15) is 5.82 Å². The predicted molar refractivity (Wildman–Crippen MR) is 58.0 cm³/mol. The van der Waals surface area contributed by atoms with Gasteiger partial charge in [-0.2, -0.15) is 0 Å². The smallest absolute Gasteiger partial charge is 0.125 e. The number of nitrogens with one attached hydrogen (secondary N) is 1. The van der Waals surface area contributed by atoms with Crippen molar-refractivity contribution in [2.75, 3.05) is 37.8 Å². The van der Waals surface area contributed by atoms with Crippen molar-refractivity contribution in [2.24, 2.45) is 0 Å². The van der Waals surface area contributed by atoms with Crippen LogP contribution >= 0.6 is 0 Å². The monoisotopic (exact) mass is 197 g/mol. The van der Waals surface area contributed by atoms with Gasteiger partial charge in [-0.05, 0) is 25.2 Å². The van der Waals surface area contributed by atoms with Gasteiger partial charge in [0, 0.05) is 20.1 Å². The average molecular weight is 197 g/mol. The molecule has 1 aromatic rings. The summed E-state index contributed by atoms with van der Waals surface area (Å²) < 4.78 is 12.8. The molecular weight excluding hydrogens is 181 g/mol. The second-order valence-electron chi connectivity index (χ2n) is 3.23. The molecule has 4 heteroatoms. The summed E-state index contributed by atoms with van der Waals surface area (Å²) in [6.07, 6.45) is 0. The minimum absolute atomic E-state index is 0.298. The highest BCUT2D eigenvalue weighted by Gasteiger charge is 2.04. The van der Waals surface area contributed by atoms with E-state index in [2.05, 4.69) is 5.32 Å². The highest BCUT2D eigenvalue weighted by atomic mass is 19.1. The lowest BCUT2D eigenvalue weighted by Gasteiger charge is -2.20. The van der Waals surface area contributed by atoms with Gasteiger partial charge in [0.15, 0.2) is 0 Å². The topological polar surface area (TPSA) is 41.3 Å². The molecule has 1 rings (SSSR count). The Bertz CT molecular complexity index is 301. The van der Waals surface area contributed by atoms with Crippen molar-refractivity contribution in [1.29, 1.82) is 0 Å². The molecule has 1 aromatic carbocycles. The Morgan fingerprint density at radius 1 is 1.50 bits per heavy atom. The lowest BCUT2D eigenvalue weighted by molar-refractivity contribution is 0.628. The Morgan fingerprint density at radius 3 is 2.79 bits per heavy atom. The number of hydrogen-bond donors (Lipinski definition) is 2. The molecule has 78 valence electrons. The summed E-state index contributed by atoms with van der Waals surface area (Å²) in [5.41, 5.74) is 7.03. The molecule has 0 amide bonds. The third kappa shape index (κ3) is 2.60. The molecule has 0 aliphatic rings. The number of nitrogen functional groups attached to an aromatic ring is 1. The Morgan fingerprint density at radius 2 is 2.21 bits per heavy atom. The van der Waals surface area contributed by atoms with E-state index >= 15 is 0 Å². The zero-order valence-corrected chi connectivity index (χ0v) is 8.55. The number of nitrogens with zero attached hydrogens (tertiary/aromatic N) is 1. The molecule has 14 heavy (non-hydrogen) atoms. The molecule has 0 atom stereocenters. The molecule has 0 aromatic heterocycles. The maximum atomic E-state index is 12.8. The van der Waals surface area contributed by atoms with Crippen LogP contribution in [0.1, 0.15) is 0 Å². The van der Waals surface area contributed by atoms with Gasteiger partial charge in [-0.15, -0.1) is 0 Å². The highest BCUT2D eigenvalue weighted by molar-refractivity contribution is 5.67. The molecule has 0 aliphatic carbocycles. The van der Waals surface area contributed by atoms with Crippen LogP contribution < -0.4 is 16.0 Å². The SMILES string of the molecule is CNCCN(C)c1ccc(F)cc1N. The zero-order valence-electron chi connectivity index (χ0n) is 8.55. The maximum absolute atomic E-state index is 12.8. The van der Waals surface area contributed by atoms with Gasteiger partial charge >= 0.3 is 0 Å². The molecule has 0 bridgehead atoms. The highest BCUT2D eigenvalue weighted by Crippen LogP contribution is 2.22. The summed E-state index contributed by atoms with van der Waals surface area (Å²) in [5.74, 6) is -0.298. The van der Waals surface area contributed by atoms with E-state index in [1.54, 1.807) is 6.07 Å². The molecule has 0 saturated heterocycles. The average Bonchev–Trinajstić information content (AvgIpc) is 2.14. The van der Waals surface area contributed by atoms with Crippen LogP contribution in [-0.4, -0.2) is 27.2 Å². The summed E-state index contributed by atoms with van der Waals surface area (Å²) in [7, 11) is 3.82. The fourth-order valence-corrected chi connectivity index (χ4v) is 1.27. The summed E-state index contributed by atoms with van der Waals surface area (Å²) in [6, 6.07) is 4.45. The third-order valence-electron chi connectivity index (χ3n) is 2.10. The molecule has 0 saturated carbocycles. The zero-order chi connectivity index (χ0) is 10.6. The lowest BCUT2D eigenvalue weighted by atomic mass is 10.2. The van der Waals surface area contributed by atoms with Crippen LogP contribution in [0.5, 0.6) is 0 Å². The maximum Gasteiger partial charge on any atom is 0.125 e. The largest absolute Gasteiger partial charge is 0.397 e. The van der Waals surface area contributed by atoms with Gasteiger partial charge in [0.25, 0.3) is 0 Å². The van der Waals surface area contributed by atoms with Crippen molar-refractivity contribution >= 4 is 11.4 Å². The lowest BCUT2D eigenvalue weighted by Crippen LogP contribution is -2.27. The molecule has 0 heterocycles. The fraction of sp³-hybridized carbons (Fsp3) is 0.400. The van der Waals surface area contributed by atoms with Crippen LogP contribution in [0.15, 0.2) is 18.2 Å². The van der Waals surface area contributed by atoms with Crippen molar-refractivity contribution in [3.8, 4) is 0 Å². The van der Waals surface area contributed by atoms with E-state index in [-0.39, 0.29) is 5.82 Å². The number of halogens is 1. The van der Waals surface area contributed by atoms with Gasteiger partial charge in [-0.25, -0.2) is 4.39 Å². The predicted octanol–water partition coefficient (Wildman–Crippen LogP) is 1.06. The summed E-state index contributed by atoms with van der Waals surface area (Å²) in [5, 5.41) is 3.04. The van der Waals surface area contributed by atoms with Crippen LogP contribution in [0.25, 0.3) is 0 Å². The van der Waals surface area contributed by atoms with E-state index in [0.717, 1.165) is 18.8 Å². The fourth-order valence-electron chi connectivity index (χ4n) is 1.27. The Labute approximate surface area is 83.7 Å². The van der Waals surface area contributed by atoms with E-state index in [0.29, 0.717) is 5.69 Å². The second kappa shape index (κ2) is 4.81. The Balaban J connectivity index is 2.74. The normalized spacial score (nSPS) is 10.2. The minimum atomic E-state index is -0.298. The number of benzene rings is 1. The van der Waals surface area contributed by atoms with Gasteiger partial charge in [0.2, 0.25) is 0 Å². The molecule has 0 aliphatic heterocycles. The quantitative estimate of drug-likeness (QED) is 0.709. The number of rotatable bonds is 4. The van der Waals surface area contributed by atoms with Gasteiger partial charge < -0.3 is 16.0 Å². The van der Waals surface area contributed by atoms with E-state index in [1.165, 1.54) is 12.1 Å². The standard InChI is InChI=1S/C10H16FN3/c1-13-5-6-14(2)10-4-3-8(11)7-9(10)12/h3-4,7,13H,5-6,12H2,1-2H3. The van der Waals surface area contributed by atoms with Crippen molar-refractivity contribution < 1.29 is 4.39 Å². The van der Waals surface area contributed by atoms with Crippen LogP contribution in [-0.2, 0) is 0 Å². The molecule has 0 fully saturated rings. The molecule has 0 spiro atoms. The summed E-state index contributed by atoms with van der Waals surface area (Å²) in [6.45, 7) is 1.71. The number of likely N-dealkylation sites (N-methyl/N-ethyl adjacent to an activating group) is 2. The molecule has 0 unspecified atom stereocenters. The third-order valence-corrected chi connectivity index (χ3v) is 2.10. The van der Waals surface area contributed by atoms with Gasteiger partial charge in [-0.3, -0.25) is 0 Å². The first-order valence-electron chi connectivity index (χ1n) is 4.56. The van der Waals surface area contributed by atoms with Crippen molar-refractivity contribution in [1.82, 2.24) is 5.32 Å². The van der Waals surface area contributed by atoms with E-state index in [4.69, 9.17) is 5.73 Å². The van der Waals surface area contributed by atoms with Gasteiger partial charge in [-0.1, -0.05) is 0 Å². The summed E-state index contributed by atoms with van der Waals surface area (Å²) in [4.78, 5) is 1.99. The number of hydrogen-bond acceptors (Lipinski definition) is 3. The van der Waals surface area contributed by atoms with E-state index < -0.39 is 0 Å². The van der Waals surface area contributed by atoms with Crippen molar-refractivity contribution in [3.05, 3.63) is 24.0 Å². The molecule has 0 radical (unpaired) electrons. The summed E-state index contributed by atoms with van der Waals surface area (Å²) >= 11 is 0. The Kier molecular flexibility index (Phi) is 3.71. The molecule has 3 nitrogen and oxygen atoms in total. The molecule has 3 N–H and O–H groups in total. The molecular formula is C10H16FN3. The van der Waals surface area contributed by atoms with Crippen LogP contribution in [0.4, 0.5) is 15.8 Å². The van der Waals surface area contributed by atoms with Crippen LogP contribution in [0.2, 0.25) is 0 Å². The Hall–Kier alpha value is -1.29. The first kappa shape index (κ1) is 10.8. The minimum Gasteiger partial charge on any atom is -0.397 e. The number of anilines is 2. The second-order valence-corrected chi connectivity index (χ2v) is 3.23. The van der Waals surface area contributed by atoms with Gasteiger partial charge in [0.05, 0.1) is 11.4 Å².